The number of anilines is 1. The van der Waals surface area contributed by atoms with Gasteiger partial charge in [0.25, 0.3) is 0 Å². The number of halogens is 1. The molecule has 0 amide bonds. The smallest absolute Gasteiger partial charge is 0.194 e. The minimum atomic E-state index is -0.161. The van der Waals surface area contributed by atoms with Crippen LogP contribution in [0, 0.1) is 5.82 Å². The molecule has 0 bridgehead atoms. The molecule has 0 aliphatic carbocycles. The molecule has 3 heterocycles. The van der Waals surface area contributed by atoms with Crippen LogP contribution in [-0.2, 0) is 6.54 Å². The molecule has 1 aliphatic heterocycles. The Balaban J connectivity index is 1.42. The van der Waals surface area contributed by atoms with Crippen molar-refractivity contribution < 1.29 is 4.39 Å². The first kappa shape index (κ1) is 17.8. The Morgan fingerprint density at radius 1 is 1.26 bits per heavy atom. The first-order valence-corrected chi connectivity index (χ1v) is 10.1. The quantitative estimate of drug-likeness (QED) is 0.553. The number of piperazine rings is 1. The summed E-state index contributed by atoms with van der Waals surface area (Å²) in [5, 5.41) is 5.39. The van der Waals surface area contributed by atoms with Crippen LogP contribution in [0.25, 0.3) is 4.96 Å². The minimum absolute atomic E-state index is 0.161. The fourth-order valence-corrected chi connectivity index (χ4v) is 4.02. The Labute approximate surface area is 162 Å². The van der Waals surface area contributed by atoms with Crippen molar-refractivity contribution >= 4 is 27.9 Å². The van der Waals surface area contributed by atoms with Gasteiger partial charge in [0.2, 0.25) is 0 Å². The van der Waals surface area contributed by atoms with Gasteiger partial charge in [-0.05, 0) is 19.1 Å². The van der Waals surface area contributed by atoms with E-state index >= 15 is 0 Å². The lowest BCUT2D eigenvalue weighted by Gasteiger charge is -2.37. The average Bonchev–Trinajstić information content (AvgIpc) is 3.27. The zero-order valence-electron chi connectivity index (χ0n) is 15.3. The van der Waals surface area contributed by atoms with Crippen LogP contribution in [0.2, 0.25) is 0 Å². The number of fused-ring (bicyclic) bond motifs is 1. The summed E-state index contributed by atoms with van der Waals surface area (Å²) in [7, 11) is 0. The monoisotopic (exact) mass is 386 g/mol. The Kier molecular flexibility index (Phi) is 5.24. The van der Waals surface area contributed by atoms with Crippen molar-refractivity contribution in [3.8, 4) is 0 Å². The number of nitrogens with one attached hydrogen (secondary N) is 1. The maximum absolute atomic E-state index is 14.0. The first-order valence-electron chi connectivity index (χ1n) is 9.18. The third-order valence-electron chi connectivity index (χ3n) is 4.64. The molecule has 0 spiro atoms. The Morgan fingerprint density at radius 3 is 2.81 bits per heavy atom. The van der Waals surface area contributed by atoms with Gasteiger partial charge < -0.3 is 15.1 Å². The maximum atomic E-state index is 14.0. The standard InChI is InChI=1S/C19H23FN6S/c1-2-21-18(22-13-15-14-26-11-12-27-19(26)23-15)25-9-7-24(8-10-25)17-6-4-3-5-16(17)20/h3-6,11-12,14H,2,7-10,13H2,1H3,(H,21,22). The van der Waals surface area contributed by atoms with Crippen LogP contribution in [-0.4, -0.2) is 53.0 Å². The van der Waals surface area contributed by atoms with E-state index in [4.69, 9.17) is 4.99 Å². The molecule has 142 valence electrons. The van der Waals surface area contributed by atoms with E-state index in [1.54, 1.807) is 17.4 Å². The van der Waals surface area contributed by atoms with Gasteiger partial charge in [-0.25, -0.2) is 14.4 Å². The average molecular weight is 387 g/mol. The van der Waals surface area contributed by atoms with E-state index in [9.17, 15) is 4.39 Å². The topological polar surface area (TPSA) is 48.2 Å². The summed E-state index contributed by atoms with van der Waals surface area (Å²) in [5.74, 6) is 0.730. The minimum Gasteiger partial charge on any atom is -0.366 e. The molecule has 0 saturated carbocycles. The molecule has 1 saturated heterocycles. The SMILES string of the molecule is CCNC(=NCc1cn2ccsc2n1)N1CCN(c2ccccc2F)CC1. The molecule has 4 rings (SSSR count). The van der Waals surface area contributed by atoms with Crippen LogP contribution in [0.4, 0.5) is 10.1 Å². The predicted molar refractivity (Wildman–Crippen MR) is 108 cm³/mol. The van der Waals surface area contributed by atoms with Gasteiger partial charge in [-0.2, -0.15) is 0 Å². The number of imidazole rings is 1. The second kappa shape index (κ2) is 7.96. The molecule has 8 heteroatoms. The zero-order valence-corrected chi connectivity index (χ0v) is 16.1. The van der Waals surface area contributed by atoms with Gasteiger partial charge in [-0.3, -0.25) is 4.40 Å². The predicted octanol–water partition coefficient (Wildman–Crippen LogP) is 2.82. The number of benzene rings is 1. The van der Waals surface area contributed by atoms with Gasteiger partial charge in [-0.1, -0.05) is 12.1 Å². The molecule has 6 nitrogen and oxygen atoms in total. The number of para-hydroxylation sites is 1. The van der Waals surface area contributed by atoms with E-state index in [1.807, 2.05) is 34.3 Å². The molecule has 27 heavy (non-hydrogen) atoms. The number of aliphatic imine (C=N–C) groups is 1. The number of aromatic nitrogens is 2. The fraction of sp³-hybridized carbons (Fsp3) is 0.368. The van der Waals surface area contributed by atoms with Crippen LogP contribution < -0.4 is 10.2 Å². The van der Waals surface area contributed by atoms with E-state index in [1.165, 1.54) is 6.07 Å². The van der Waals surface area contributed by atoms with Crippen molar-refractivity contribution in [1.82, 2.24) is 19.6 Å². The molecular weight excluding hydrogens is 363 g/mol. The summed E-state index contributed by atoms with van der Waals surface area (Å²) in [6.07, 6.45) is 4.03. The highest BCUT2D eigenvalue weighted by atomic mass is 32.1. The molecule has 0 atom stereocenters. The van der Waals surface area contributed by atoms with Crippen LogP contribution in [0.5, 0.6) is 0 Å². The highest BCUT2D eigenvalue weighted by Crippen LogP contribution is 2.20. The van der Waals surface area contributed by atoms with Crippen molar-refractivity contribution in [1.29, 1.82) is 0 Å². The summed E-state index contributed by atoms with van der Waals surface area (Å²) < 4.78 is 16.0. The number of hydrogen-bond acceptors (Lipinski definition) is 4. The highest BCUT2D eigenvalue weighted by Gasteiger charge is 2.21. The van der Waals surface area contributed by atoms with E-state index in [2.05, 4.69) is 27.0 Å². The lowest BCUT2D eigenvalue weighted by Crippen LogP contribution is -2.52. The largest absolute Gasteiger partial charge is 0.366 e. The first-order chi connectivity index (χ1) is 13.2. The van der Waals surface area contributed by atoms with Crippen molar-refractivity contribution in [3.63, 3.8) is 0 Å². The van der Waals surface area contributed by atoms with Gasteiger partial charge in [-0.15, -0.1) is 11.3 Å². The number of hydrogen-bond donors (Lipinski definition) is 1. The molecule has 0 radical (unpaired) electrons. The van der Waals surface area contributed by atoms with E-state index in [0.717, 1.165) is 49.3 Å². The van der Waals surface area contributed by atoms with Crippen LogP contribution in [0.1, 0.15) is 12.6 Å². The Hall–Kier alpha value is -2.61. The summed E-state index contributed by atoms with van der Waals surface area (Å²) in [4.78, 5) is 14.7. The van der Waals surface area contributed by atoms with Crippen molar-refractivity contribution in [3.05, 3.63) is 53.6 Å². The normalized spacial score (nSPS) is 15.6. The Morgan fingerprint density at radius 2 is 2.07 bits per heavy atom. The lowest BCUT2D eigenvalue weighted by atomic mass is 10.2. The number of nitrogens with zero attached hydrogens (tertiary/aromatic N) is 5. The summed E-state index contributed by atoms with van der Waals surface area (Å²) in [5.41, 5.74) is 1.64. The number of thiazole rings is 1. The van der Waals surface area contributed by atoms with Gasteiger partial charge >= 0.3 is 0 Å². The fourth-order valence-electron chi connectivity index (χ4n) is 3.30. The van der Waals surface area contributed by atoms with Gasteiger partial charge in [0.1, 0.15) is 5.82 Å². The van der Waals surface area contributed by atoms with Crippen molar-refractivity contribution in [2.24, 2.45) is 4.99 Å². The summed E-state index contributed by atoms with van der Waals surface area (Å²) in [6, 6.07) is 6.97. The molecule has 2 aromatic heterocycles. The molecular formula is C19H23FN6S. The molecule has 0 unspecified atom stereocenters. The van der Waals surface area contributed by atoms with Gasteiger partial charge in [0.15, 0.2) is 10.9 Å². The van der Waals surface area contributed by atoms with Gasteiger partial charge in [0.05, 0.1) is 17.9 Å². The van der Waals surface area contributed by atoms with Crippen molar-refractivity contribution in [2.75, 3.05) is 37.6 Å². The van der Waals surface area contributed by atoms with Gasteiger partial charge in [0, 0.05) is 50.5 Å². The molecule has 1 aliphatic rings. The van der Waals surface area contributed by atoms with E-state index < -0.39 is 0 Å². The van der Waals surface area contributed by atoms with E-state index in [0.29, 0.717) is 12.2 Å². The van der Waals surface area contributed by atoms with Crippen LogP contribution >= 0.6 is 11.3 Å². The van der Waals surface area contributed by atoms with E-state index in [-0.39, 0.29) is 5.82 Å². The number of rotatable bonds is 4. The van der Waals surface area contributed by atoms with Crippen LogP contribution in [0.3, 0.4) is 0 Å². The highest BCUT2D eigenvalue weighted by molar-refractivity contribution is 7.15. The third kappa shape index (κ3) is 3.90. The lowest BCUT2D eigenvalue weighted by molar-refractivity contribution is 0.370. The second-order valence-electron chi connectivity index (χ2n) is 6.42. The third-order valence-corrected chi connectivity index (χ3v) is 5.41. The summed E-state index contributed by atoms with van der Waals surface area (Å²) >= 11 is 1.62. The van der Waals surface area contributed by atoms with Crippen LogP contribution in [0.15, 0.2) is 47.0 Å². The van der Waals surface area contributed by atoms with Crippen molar-refractivity contribution in [2.45, 2.75) is 13.5 Å². The molecule has 1 fully saturated rings. The zero-order chi connectivity index (χ0) is 18.6. The second-order valence-corrected chi connectivity index (χ2v) is 7.29. The molecule has 1 N–H and O–H groups in total. The molecule has 1 aromatic carbocycles. The molecule has 3 aromatic rings. The summed E-state index contributed by atoms with van der Waals surface area (Å²) in [6.45, 7) is 6.57. The Bertz CT molecular complexity index is 897. The number of guanidine groups is 1. The maximum Gasteiger partial charge on any atom is 0.194 e.